The SMILES string of the molecule is CCC(NC(=O)C1C(C)CCCC1N)C(C)C. The third-order valence-electron chi connectivity index (χ3n) is 4.15. The summed E-state index contributed by atoms with van der Waals surface area (Å²) in [4.78, 5) is 12.3. The lowest BCUT2D eigenvalue weighted by Crippen LogP contribution is -2.50. The van der Waals surface area contributed by atoms with Gasteiger partial charge in [0.2, 0.25) is 5.91 Å². The lowest BCUT2D eigenvalue weighted by atomic mass is 9.76. The van der Waals surface area contributed by atoms with Crippen LogP contribution in [0.1, 0.15) is 53.4 Å². The first-order valence-corrected chi connectivity index (χ1v) is 7.03. The van der Waals surface area contributed by atoms with E-state index in [1.54, 1.807) is 0 Å². The Hall–Kier alpha value is -0.570. The predicted octanol–water partition coefficient (Wildman–Crippen LogP) is 2.30. The van der Waals surface area contributed by atoms with Crippen molar-refractivity contribution >= 4 is 5.91 Å². The summed E-state index contributed by atoms with van der Waals surface area (Å²) in [5, 5.41) is 3.18. The maximum absolute atomic E-state index is 12.3. The average molecular weight is 240 g/mol. The lowest BCUT2D eigenvalue weighted by Gasteiger charge is -2.34. The highest BCUT2D eigenvalue weighted by atomic mass is 16.2. The number of hydrogen-bond donors (Lipinski definition) is 2. The molecule has 0 aromatic rings. The molecule has 1 aliphatic rings. The van der Waals surface area contributed by atoms with Gasteiger partial charge in [-0.1, -0.05) is 34.1 Å². The van der Waals surface area contributed by atoms with Crippen molar-refractivity contribution in [2.75, 3.05) is 0 Å². The molecular weight excluding hydrogens is 212 g/mol. The van der Waals surface area contributed by atoms with Gasteiger partial charge in [0.05, 0.1) is 5.92 Å². The van der Waals surface area contributed by atoms with Gasteiger partial charge in [0, 0.05) is 12.1 Å². The van der Waals surface area contributed by atoms with Gasteiger partial charge in [0.15, 0.2) is 0 Å². The second kappa shape index (κ2) is 6.39. The Balaban J connectivity index is 2.61. The first kappa shape index (κ1) is 14.5. The molecule has 3 heteroatoms. The van der Waals surface area contributed by atoms with Gasteiger partial charge < -0.3 is 11.1 Å². The van der Waals surface area contributed by atoms with E-state index in [1.807, 2.05) is 0 Å². The molecule has 0 spiro atoms. The zero-order chi connectivity index (χ0) is 13.0. The first-order valence-electron chi connectivity index (χ1n) is 7.03. The van der Waals surface area contributed by atoms with Gasteiger partial charge in [-0.15, -0.1) is 0 Å². The summed E-state index contributed by atoms with van der Waals surface area (Å²) in [6.07, 6.45) is 4.26. The highest BCUT2D eigenvalue weighted by Gasteiger charge is 2.34. The van der Waals surface area contributed by atoms with E-state index in [1.165, 1.54) is 0 Å². The van der Waals surface area contributed by atoms with E-state index in [0.717, 1.165) is 25.7 Å². The lowest BCUT2D eigenvalue weighted by molar-refractivity contribution is -0.129. The molecule has 3 N–H and O–H groups in total. The number of carbonyl (C=O) groups excluding carboxylic acids is 1. The van der Waals surface area contributed by atoms with Crippen molar-refractivity contribution < 1.29 is 4.79 Å². The normalized spacial score (nSPS) is 31.3. The highest BCUT2D eigenvalue weighted by Crippen LogP contribution is 2.29. The summed E-state index contributed by atoms with van der Waals surface area (Å²) in [7, 11) is 0. The van der Waals surface area contributed by atoms with Gasteiger partial charge in [-0.2, -0.15) is 0 Å². The van der Waals surface area contributed by atoms with Gasteiger partial charge in [0.25, 0.3) is 0 Å². The molecule has 0 radical (unpaired) electrons. The molecular formula is C14H28N2O. The second-order valence-corrected chi connectivity index (χ2v) is 5.87. The van der Waals surface area contributed by atoms with Gasteiger partial charge >= 0.3 is 0 Å². The zero-order valence-electron chi connectivity index (χ0n) is 11.7. The van der Waals surface area contributed by atoms with Crippen LogP contribution in [0.5, 0.6) is 0 Å². The molecule has 0 bridgehead atoms. The third kappa shape index (κ3) is 3.70. The van der Waals surface area contributed by atoms with Crippen molar-refractivity contribution in [1.29, 1.82) is 0 Å². The van der Waals surface area contributed by atoms with E-state index >= 15 is 0 Å². The minimum Gasteiger partial charge on any atom is -0.353 e. The monoisotopic (exact) mass is 240 g/mol. The van der Waals surface area contributed by atoms with Crippen molar-refractivity contribution in [2.24, 2.45) is 23.5 Å². The Kier molecular flexibility index (Phi) is 5.44. The van der Waals surface area contributed by atoms with E-state index in [4.69, 9.17) is 5.73 Å². The summed E-state index contributed by atoms with van der Waals surface area (Å²) >= 11 is 0. The summed E-state index contributed by atoms with van der Waals surface area (Å²) in [5.41, 5.74) is 6.10. The fraction of sp³-hybridized carbons (Fsp3) is 0.929. The molecule has 1 aliphatic carbocycles. The Bertz CT molecular complexity index is 243. The van der Waals surface area contributed by atoms with Gasteiger partial charge in [-0.25, -0.2) is 0 Å². The molecule has 4 unspecified atom stereocenters. The summed E-state index contributed by atoms with van der Waals surface area (Å²) in [6.45, 7) is 8.58. The number of rotatable bonds is 4. The van der Waals surface area contributed by atoms with Crippen LogP contribution in [0.4, 0.5) is 0 Å². The van der Waals surface area contributed by atoms with Crippen LogP contribution in [0.25, 0.3) is 0 Å². The number of nitrogens with one attached hydrogen (secondary N) is 1. The molecule has 0 aromatic carbocycles. The molecule has 1 fully saturated rings. The van der Waals surface area contributed by atoms with Gasteiger partial charge in [-0.3, -0.25) is 4.79 Å². The van der Waals surface area contributed by atoms with Crippen LogP contribution in [-0.4, -0.2) is 18.0 Å². The van der Waals surface area contributed by atoms with E-state index in [-0.39, 0.29) is 23.9 Å². The standard InChI is InChI=1S/C14H28N2O/c1-5-12(9(2)3)16-14(17)13-10(4)7-6-8-11(13)15/h9-13H,5-8,15H2,1-4H3,(H,16,17). The Morgan fingerprint density at radius 3 is 2.53 bits per heavy atom. The van der Waals surface area contributed by atoms with Crippen molar-refractivity contribution in [2.45, 2.75) is 65.5 Å². The topological polar surface area (TPSA) is 55.1 Å². The zero-order valence-corrected chi connectivity index (χ0v) is 11.7. The molecule has 17 heavy (non-hydrogen) atoms. The minimum atomic E-state index is 0.0107. The number of nitrogens with two attached hydrogens (primary N) is 1. The summed E-state index contributed by atoms with van der Waals surface area (Å²) in [6, 6.07) is 0.326. The van der Waals surface area contributed by atoms with Gasteiger partial charge in [0.1, 0.15) is 0 Å². The van der Waals surface area contributed by atoms with Crippen molar-refractivity contribution in [3.05, 3.63) is 0 Å². The highest BCUT2D eigenvalue weighted by molar-refractivity contribution is 5.80. The second-order valence-electron chi connectivity index (χ2n) is 5.87. The molecule has 4 atom stereocenters. The van der Waals surface area contributed by atoms with E-state index in [2.05, 4.69) is 33.0 Å². The van der Waals surface area contributed by atoms with Crippen LogP contribution in [-0.2, 0) is 4.79 Å². The van der Waals surface area contributed by atoms with E-state index in [9.17, 15) is 4.79 Å². The van der Waals surface area contributed by atoms with Crippen LogP contribution < -0.4 is 11.1 Å². The van der Waals surface area contributed by atoms with E-state index in [0.29, 0.717) is 11.8 Å². The van der Waals surface area contributed by atoms with E-state index < -0.39 is 0 Å². The molecule has 100 valence electrons. The molecule has 0 aliphatic heterocycles. The number of hydrogen-bond acceptors (Lipinski definition) is 2. The molecule has 1 amide bonds. The van der Waals surface area contributed by atoms with Crippen LogP contribution in [0.2, 0.25) is 0 Å². The Morgan fingerprint density at radius 1 is 1.41 bits per heavy atom. The minimum absolute atomic E-state index is 0.0107. The molecule has 0 saturated heterocycles. The smallest absolute Gasteiger partial charge is 0.225 e. The Morgan fingerprint density at radius 2 is 2.06 bits per heavy atom. The largest absolute Gasteiger partial charge is 0.353 e. The molecule has 0 heterocycles. The van der Waals surface area contributed by atoms with Crippen LogP contribution in [0.15, 0.2) is 0 Å². The summed E-state index contributed by atoms with van der Waals surface area (Å²) < 4.78 is 0. The van der Waals surface area contributed by atoms with Crippen molar-refractivity contribution in [1.82, 2.24) is 5.32 Å². The van der Waals surface area contributed by atoms with Crippen molar-refractivity contribution in [3.63, 3.8) is 0 Å². The number of carbonyl (C=O) groups is 1. The maximum Gasteiger partial charge on any atom is 0.225 e. The van der Waals surface area contributed by atoms with Crippen molar-refractivity contribution in [3.8, 4) is 0 Å². The molecule has 1 rings (SSSR count). The van der Waals surface area contributed by atoms with Crippen LogP contribution >= 0.6 is 0 Å². The Labute approximate surface area is 106 Å². The fourth-order valence-corrected chi connectivity index (χ4v) is 2.93. The molecule has 1 saturated carbocycles. The average Bonchev–Trinajstić information content (AvgIpc) is 2.25. The molecule has 3 nitrogen and oxygen atoms in total. The summed E-state index contributed by atoms with van der Waals surface area (Å²) in [5.74, 6) is 1.09. The predicted molar refractivity (Wildman–Crippen MR) is 71.5 cm³/mol. The van der Waals surface area contributed by atoms with Gasteiger partial charge in [-0.05, 0) is 31.1 Å². The third-order valence-corrected chi connectivity index (χ3v) is 4.15. The quantitative estimate of drug-likeness (QED) is 0.792. The first-order chi connectivity index (χ1) is 7.97. The van der Waals surface area contributed by atoms with Crippen LogP contribution in [0.3, 0.4) is 0 Å². The molecule has 0 aromatic heterocycles. The number of amides is 1. The van der Waals surface area contributed by atoms with Crippen LogP contribution in [0, 0.1) is 17.8 Å². The fourth-order valence-electron chi connectivity index (χ4n) is 2.93. The maximum atomic E-state index is 12.3.